The van der Waals surface area contributed by atoms with Gasteiger partial charge in [-0.05, 0) is 35.4 Å². The first-order valence-electron chi connectivity index (χ1n) is 5.44. The minimum Gasteiger partial charge on any atom is -0.388 e. The minimum absolute atomic E-state index is 0.318. The van der Waals surface area contributed by atoms with E-state index in [1.165, 1.54) is 12.1 Å². The summed E-state index contributed by atoms with van der Waals surface area (Å²) in [5.74, 6) is -0.318. The number of hydrogen-bond donors (Lipinski definition) is 1. The third-order valence-electron chi connectivity index (χ3n) is 2.66. The molecule has 1 atom stereocenters. The van der Waals surface area contributed by atoms with E-state index in [0.717, 1.165) is 10.0 Å². The number of benzene rings is 2. The smallest absolute Gasteiger partial charge is 0.124 e. The average molecular weight is 374 g/mol. The highest BCUT2D eigenvalue weighted by atomic mass is 79.9. The first-order chi connectivity index (χ1) is 8.56. The standard InChI is InChI=1S/C14H11Br2FO/c15-10-3-1-9(2-4-10)7-14(18)12-6-5-11(17)8-13(12)16/h1-6,8,14,18H,7H2. The van der Waals surface area contributed by atoms with E-state index in [1.54, 1.807) is 6.07 Å². The Morgan fingerprint density at radius 1 is 1.06 bits per heavy atom. The van der Waals surface area contributed by atoms with E-state index >= 15 is 0 Å². The van der Waals surface area contributed by atoms with E-state index in [1.807, 2.05) is 24.3 Å². The van der Waals surface area contributed by atoms with Crippen LogP contribution in [0.3, 0.4) is 0 Å². The normalized spacial score (nSPS) is 12.4. The van der Waals surface area contributed by atoms with Crippen molar-refractivity contribution in [2.75, 3.05) is 0 Å². The van der Waals surface area contributed by atoms with Crippen molar-refractivity contribution in [3.05, 3.63) is 68.4 Å². The largest absolute Gasteiger partial charge is 0.388 e. The van der Waals surface area contributed by atoms with Gasteiger partial charge >= 0.3 is 0 Å². The fourth-order valence-corrected chi connectivity index (χ4v) is 2.60. The van der Waals surface area contributed by atoms with Crippen LogP contribution in [0.15, 0.2) is 51.4 Å². The number of aliphatic hydroxyl groups is 1. The Kier molecular flexibility index (Phi) is 4.54. The Morgan fingerprint density at radius 2 is 1.72 bits per heavy atom. The summed E-state index contributed by atoms with van der Waals surface area (Å²) in [5.41, 5.74) is 1.72. The summed E-state index contributed by atoms with van der Waals surface area (Å²) in [5, 5.41) is 10.2. The summed E-state index contributed by atoms with van der Waals surface area (Å²) in [7, 11) is 0. The van der Waals surface area contributed by atoms with Crippen LogP contribution in [0.1, 0.15) is 17.2 Å². The highest BCUT2D eigenvalue weighted by Gasteiger charge is 2.12. The van der Waals surface area contributed by atoms with Gasteiger partial charge in [0.2, 0.25) is 0 Å². The molecule has 0 fully saturated rings. The van der Waals surface area contributed by atoms with Crippen molar-refractivity contribution in [2.45, 2.75) is 12.5 Å². The second-order valence-electron chi connectivity index (χ2n) is 4.01. The molecule has 0 saturated heterocycles. The molecule has 0 radical (unpaired) electrons. The van der Waals surface area contributed by atoms with Crippen molar-refractivity contribution in [3.63, 3.8) is 0 Å². The number of halogens is 3. The quantitative estimate of drug-likeness (QED) is 0.831. The lowest BCUT2D eigenvalue weighted by Crippen LogP contribution is -2.03. The van der Waals surface area contributed by atoms with Crippen molar-refractivity contribution in [2.24, 2.45) is 0 Å². The van der Waals surface area contributed by atoms with Gasteiger partial charge in [0, 0.05) is 15.4 Å². The number of rotatable bonds is 3. The van der Waals surface area contributed by atoms with Gasteiger partial charge in [-0.3, -0.25) is 0 Å². The summed E-state index contributed by atoms with van der Waals surface area (Å²) >= 11 is 6.63. The van der Waals surface area contributed by atoms with Crippen LogP contribution in [0.25, 0.3) is 0 Å². The molecule has 1 unspecified atom stereocenters. The summed E-state index contributed by atoms with van der Waals surface area (Å²) < 4.78 is 14.6. The average Bonchev–Trinajstić information content (AvgIpc) is 2.32. The first-order valence-corrected chi connectivity index (χ1v) is 7.02. The Labute approximate surface area is 122 Å². The van der Waals surface area contributed by atoms with Gasteiger partial charge in [-0.15, -0.1) is 0 Å². The fourth-order valence-electron chi connectivity index (χ4n) is 1.73. The molecule has 1 N–H and O–H groups in total. The van der Waals surface area contributed by atoms with Gasteiger partial charge in [0.15, 0.2) is 0 Å². The maximum Gasteiger partial charge on any atom is 0.124 e. The molecule has 2 aromatic rings. The lowest BCUT2D eigenvalue weighted by molar-refractivity contribution is 0.177. The van der Waals surface area contributed by atoms with Crippen LogP contribution in [0.2, 0.25) is 0 Å². The Balaban J connectivity index is 2.16. The van der Waals surface area contributed by atoms with E-state index < -0.39 is 6.10 Å². The summed E-state index contributed by atoms with van der Waals surface area (Å²) in [6.45, 7) is 0. The molecule has 0 aliphatic carbocycles. The zero-order valence-electron chi connectivity index (χ0n) is 9.41. The zero-order valence-corrected chi connectivity index (χ0v) is 12.6. The van der Waals surface area contributed by atoms with Crippen LogP contribution in [-0.4, -0.2) is 5.11 Å². The van der Waals surface area contributed by atoms with Crippen LogP contribution in [0, 0.1) is 5.82 Å². The number of aliphatic hydroxyl groups excluding tert-OH is 1. The SMILES string of the molecule is OC(Cc1ccc(Br)cc1)c1ccc(F)cc1Br. The summed E-state index contributed by atoms with van der Waals surface area (Å²) in [6, 6.07) is 12.1. The van der Waals surface area contributed by atoms with Gasteiger partial charge in [0.05, 0.1) is 6.10 Å². The Hall–Kier alpha value is -0.710. The van der Waals surface area contributed by atoms with E-state index in [2.05, 4.69) is 31.9 Å². The molecule has 0 aliphatic rings. The molecule has 94 valence electrons. The van der Waals surface area contributed by atoms with Crippen LogP contribution in [0.4, 0.5) is 4.39 Å². The highest BCUT2D eigenvalue weighted by Crippen LogP contribution is 2.27. The molecular weight excluding hydrogens is 363 g/mol. The summed E-state index contributed by atoms with van der Waals surface area (Å²) in [6.07, 6.45) is -0.154. The zero-order chi connectivity index (χ0) is 13.1. The van der Waals surface area contributed by atoms with Crippen molar-refractivity contribution >= 4 is 31.9 Å². The minimum atomic E-state index is -0.652. The molecular formula is C14H11Br2FO. The third kappa shape index (κ3) is 3.40. The molecule has 0 saturated carbocycles. The topological polar surface area (TPSA) is 20.2 Å². The van der Waals surface area contributed by atoms with Crippen LogP contribution < -0.4 is 0 Å². The molecule has 2 rings (SSSR count). The summed E-state index contributed by atoms with van der Waals surface area (Å²) in [4.78, 5) is 0. The maximum atomic E-state index is 13.0. The lowest BCUT2D eigenvalue weighted by Gasteiger charge is -2.13. The predicted octanol–water partition coefficient (Wildman–Crippen LogP) is 4.63. The molecule has 0 heterocycles. The van der Waals surface area contributed by atoms with Gasteiger partial charge in [-0.1, -0.05) is 50.1 Å². The molecule has 0 aromatic heterocycles. The van der Waals surface area contributed by atoms with Crippen molar-refractivity contribution < 1.29 is 9.50 Å². The molecule has 0 spiro atoms. The third-order valence-corrected chi connectivity index (χ3v) is 3.88. The molecule has 2 aromatic carbocycles. The van der Waals surface area contributed by atoms with Crippen molar-refractivity contribution in [3.8, 4) is 0 Å². The van der Waals surface area contributed by atoms with Crippen LogP contribution >= 0.6 is 31.9 Å². The van der Waals surface area contributed by atoms with E-state index in [-0.39, 0.29) is 5.82 Å². The van der Waals surface area contributed by atoms with Gasteiger partial charge in [0.25, 0.3) is 0 Å². The van der Waals surface area contributed by atoms with Gasteiger partial charge in [-0.2, -0.15) is 0 Å². The molecule has 18 heavy (non-hydrogen) atoms. The Bertz CT molecular complexity index is 540. The predicted molar refractivity (Wildman–Crippen MR) is 76.9 cm³/mol. The molecule has 4 heteroatoms. The van der Waals surface area contributed by atoms with E-state index in [9.17, 15) is 9.50 Å². The van der Waals surface area contributed by atoms with Gasteiger partial charge in [-0.25, -0.2) is 4.39 Å². The van der Waals surface area contributed by atoms with Crippen LogP contribution in [-0.2, 0) is 6.42 Å². The van der Waals surface area contributed by atoms with Crippen LogP contribution in [0.5, 0.6) is 0 Å². The molecule has 0 aliphatic heterocycles. The van der Waals surface area contributed by atoms with E-state index in [0.29, 0.717) is 16.5 Å². The first kappa shape index (κ1) is 13.7. The van der Waals surface area contributed by atoms with Crippen molar-refractivity contribution in [1.29, 1.82) is 0 Å². The molecule has 0 amide bonds. The highest BCUT2D eigenvalue weighted by molar-refractivity contribution is 9.10. The second kappa shape index (κ2) is 5.95. The fraction of sp³-hybridized carbons (Fsp3) is 0.143. The van der Waals surface area contributed by atoms with Gasteiger partial charge in [0.1, 0.15) is 5.82 Å². The molecule has 0 bridgehead atoms. The monoisotopic (exact) mass is 372 g/mol. The lowest BCUT2D eigenvalue weighted by atomic mass is 10.0. The second-order valence-corrected chi connectivity index (χ2v) is 5.78. The van der Waals surface area contributed by atoms with Gasteiger partial charge < -0.3 is 5.11 Å². The maximum absolute atomic E-state index is 13.0. The van der Waals surface area contributed by atoms with E-state index in [4.69, 9.17) is 0 Å². The number of hydrogen-bond acceptors (Lipinski definition) is 1. The molecule has 1 nitrogen and oxygen atoms in total. The Morgan fingerprint density at radius 3 is 2.33 bits per heavy atom. The van der Waals surface area contributed by atoms with Crippen molar-refractivity contribution in [1.82, 2.24) is 0 Å².